The molecule has 3 rings (SSSR count). The monoisotopic (exact) mass is 414 g/mol. The summed E-state index contributed by atoms with van der Waals surface area (Å²) in [6, 6.07) is 2.82. The fourth-order valence-corrected chi connectivity index (χ4v) is 3.42. The summed E-state index contributed by atoms with van der Waals surface area (Å²) in [5, 5.41) is 0. The van der Waals surface area contributed by atoms with E-state index in [0.29, 0.717) is 25.9 Å². The molecule has 1 aromatic carbocycles. The molecule has 1 fully saturated rings. The van der Waals surface area contributed by atoms with Gasteiger partial charge in [0.2, 0.25) is 5.82 Å². The van der Waals surface area contributed by atoms with E-state index in [1.807, 2.05) is 0 Å². The van der Waals surface area contributed by atoms with Gasteiger partial charge in [-0.1, -0.05) is 0 Å². The molecule has 156 valence electrons. The summed E-state index contributed by atoms with van der Waals surface area (Å²) in [6.07, 6.45) is -1.67. The van der Waals surface area contributed by atoms with Crippen molar-refractivity contribution in [1.82, 2.24) is 14.9 Å². The number of likely N-dealkylation sites (tertiary alicyclic amines) is 1. The number of hydrogen-bond donors (Lipinski definition) is 1. The van der Waals surface area contributed by atoms with E-state index in [-0.39, 0.29) is 23.5 Å². The van der Waals surface area contributed by atoms with Crippen LogP contribution in [-0.2, 0) is 12.6 Å². The Labute approximate surface area is 163 Å². The smallest absolute Gasteiger partial charge is 0.339 e. The molecule has 2 N–H and O–H groups in total. The Morgan fingerprint density at radius 3 is 2.38 bits per heavy atom. The Bertz CT molecular complexity index is 864. The Kier molecular flexibility index (Phi) is 6.11. The molecule has 1 saturated heterocycles. The first-order chi connectivity index (χ1) is 13.6. The van der Waals surface area contributed by atoms with Gasteiger partial charge in [-0.15, -0.1) is 0 Å². The molecule has 1 aliphatic rings. The minimum absolute atomic E-state index is 0.00516. The SMILES string of the molecule is NC(Cc1cc(F)ccc1F)C1CCN(C(=O)c2cnc(C(F)(F)F)nc2)CC1. The van der Waals surface area contributed by atoms with Crippen molar-refractivity contribution in [3.63, 3.8) is 0 Å². The molecule has 10 heteroatoms. The summed E-state index contributed by atoms with van der Waals surface area (Å²) in [7, 11) is 0. The molecule has 1 amide bonds. The van der Waals surface area contributed by atoms with E-state index >= 15 is 0 Å². The highest BCUT2D eigenvalue weighted by molar-refractivity contribution is 5.93. The van der Waals surface area contributed by atoms with Crippen LogP contribution < -0.4 is 5.73 Å². The molecule has 1 unspecified atom stereocenters. The molecule has 0 radical (unpaired) electrons. The molecule has 1 atom stereocenters. The lowest BCUT2D eigenvalue weighted by Crippen LogP contribution is -2.44. The van der Waals surface area contributed by atoms with Gasteiger partial charge in [-0.25, -0.2) is 18.7 Å². The Hall–Kier alpha value is -2.62. The fraction of sp³-hybridized carbons (Fsp3) is 0.421. The van der Waals surface area contributed by atoms with Gasteiger partial charge in [-0.3, -0.25) is 4.79 Å². The lowest BCUT2D eigenvalue weighted by molar-refractivity contribution is -0.145. The number of piperidine rings is 1. The molecule has 29 heavy (non-hydrogen) atoms. The number of carbonyl (C=O) groups is 1. The first-order valence-electron chi connectivity index (χ1n) is 9.03. The molecular formula is C19H19F5N4O. The Morgan fingerprint density at radius 1 is 1.17 bits per heavy atom. The third-order valence-electron chi connectivity index (χ3n) is 5.05. The molecular weight excluding hydrogens is 395 g/mol. The summed E-state index contributed by atoms with van der Waals surface area (Å²) in [6.45, 7) is 0.702. The summed E-state index contributed by atoms with van der Waals surface area (Å²) in [5.41, 5.74) is 6.35. The fourth-order valence-electron chi connectivity index (χ4n) is 3.42. The van der Waals surface area contributed by atoms with E-state index in [1.54, 1.807) is 0 Å². The first kappa shape index (κ1) is 21.1. The highest BCUT2D eigenvalue weighted by Crippen LogP contribution is 2.26. The van der Waals surface area contributed by atoms with Crippen LogP contribution in [0, 0.1) is 17.6 Å². The molecule has 0 spiro atoms. The molecule has 1 aliphatic heterocycles. The van der Waals surface area contributed by atoms with Crippen molar-refractivity contribution < 1.29 is 26.7 Å². The highest BCUT2D eigenvalue weighted by atomic mass is 19.4. The van der Waals surface area contributed by atoms with Gasteiger partial charge < -0.3 is 10.6 Å². The van der Waals surface area contributed by atoms with Gasteiger partial charge in [0, 0.05) is 31.5 Å². The molecule has 5 nitrogen and oxygen atoms in total. The number of nitrogens with two attached hydrogens (primary N) is 1. The van der Waals surface area contributed by atoms with E-state index in [2.05, 4.69) is 9.97 Å². The van der Waals surface area contributed by atoms with Crippen LogP contribution in [0.1, 0.15) is 34.6 Å². The number of benzene rings is 1. The second-order valence-electron chi connectivity index (χ2n) is 7.03. The second kappa shape index (κ2) is 8.40. The highest BCUT2D eigenvalue weighted by Gasteiger charge is 2.35. The summed E-state index contributed by atoms with van der Waals surface area (Å²) in [5.74, 6) is -2.81. The van der Waals surface area contributed by atoms with Crippen LogP contribution in [0.25, 0.3) is 0 Å². The summed E-state index contributed by atoms with van der Waals surface area (Å²) >= 11 is 0. The van der Waals surface area contributed by atoms with Crippen molar-refractivity contribution in [2.45, 2.75) is 31.5 Å². The van der Waals surface area contributed by atoms with Crippen LogP contribution in [0.3, 0.4) is 0 Å². The quantitative estimate of drug-likeness (QED) is 0.780. The van der Waals surface area contributed by atoms with Crippen LogP contribution in [0.5, 0.6) is 0 Å². The minimum atomic E-state index is -4.67. The van der Waals surface area contributed by atoms with Crippen molar-refractivity contribution in [2.75, 3.05) is 13.1 Å². The number of carbonyl (C=O) groups excluding carboxylic acids is 1. The predicted octanol–water partition coefficient (Wildman–Crippen LogP) is 3.20. The van der Waals surface area contributed by atoms with Gasteiger partial charge in [0.15, 0.2) is 0 Å². The van der Waals surface area contributed by atoms with Crippen molar-refractivity contribution in [3.8, 4) is 0 Å². The van der Waals surface area contributed by atoms with Gasteiger partial charge in [0.1, 0.15) is 11.6 Å². The first-order valence-corrected chi connectivity index (χ1v) is 9.03. The average Bonchev–Trinajstić information content (AvgIpc) is 2.69. The van der Waals surface area contributed by atoms with E-state index in [0.717, 1.165) is 30.6 Å². The van der Waals surface area contributed by atoms with Gasteiger partial charge >= 0.3 is 6.18 Å². The van der Waals surface area contributed by atoms with Crippen LogP contribution in [-0.4, -0.2) is 39.9 Å². The van der Waals surface area contributed by atoms with Crippen molar-refractivity contribution >= 4 is 5.91 Å². The third kappa shape index (κ3) is 5.06. The van der Waals surface area contributed by atoms with E-state index < -0.39 is 35.6 Å². The number of rotatable bonds is 4. The molecule has 2 heterocycles. The zero-order valence-corrected chi connectivity index (χ0v) is 15.3. The molecule has 1 aromatic heterocycles. The van der Waals surface area contributed by atoms with Gasteiger partial charge in [0.05, 0.1) is 5.56 Å². The third-order valence-corrected chi connectivity index (χ3v) is 5.05. The van der Waals surface area contributed by atoms with Gasteiger partial charge in [-0.05, 0) is 48.9 Å². The molecule has 2 aromatic rings. The summed E-state index contributed by atoms with van der Waals surface area (Å²) in [4.78, 5) is 20.4. The second-order valence-corrected chi connectivity index (χ2v) is 7.03. The number of amides is 1. The number of alkyl halides is 3. The van der Waals surface area contributed by atoms with Crippen molar-refractivity contribution in [2.24, 2.45) is 11.7 Å². The maximum absolute atomic E-state index is 13.8. The number of halogens is 5. The molecule has 0 bridgehead atoms. The number of nitrogens with zero attached hydrogens (tertiary/aromatic N) is 3. The lowest BCUT2D eigenvalue weighted by atomic mass is 9.86. The van der Waals surface area contributed by atoms with E-state index in [4.69, 9.17) is 5.73 Å². The Balaban J connectivity index is 1.57. The zero-order chi connectivity index (χ0) is 21.2. The zero-order valence-electron chi connectivity index (χ0n) is 15.3. The van der Waals surface area contributed by atoms with Crippen LogP contribution in [0.4, 0.5) is 22.0 Å². The van der Waals surface area contributed by atoms with E-state index in [9.17, 15) is 26.7 Å². The molecule has 0 aliphatic carbocycles. The normalized spacial score (nSPS) is 16.7. The average molecular weight is 414 g/mol. The standard InChI is InChI=1S/C19H19F5N4O/c20-14-1-2-15(21)12(7-14)8-16(25)11-3-5-28(6-4-11)17(29)13-9-26-18(27-10-13)19(22,23)24/h1-2,7,9-11,16H,3-6,8,25H2. The van der Waals surface area contributed by atoms with E-state index in [1.165, 1.54) is 4.90 Å². The van der Waals surface area contributed by atoms with Gasteiger partial charge in [0.25, 0.3) is 5.91 Å². The van der Waals surface area contributed by atoms with Crippen LogP contribution in [0.15, 0.2) is 30.6 Å². The van der Waals surface area contributed by atoms with Gasteiger partial charge in [-0.2, -0.15) is 13.2 Å². The Morgan fingerprint density at radius 2 is 1.79 bits per heavy atom. The maximum atomic E-state index is 13.8. The van der Waals surface area contributed by atoms with Crippen LogP contribution >= 0.6 is 0 Å². The minimum Gasteiger partial charge on any atom is -0.339 e. The van der Waals surface area contributed by atoms with Crippen LogP contribution in [0.2, 0.25) is 0 Å². The largest absolute Gasteiger partial charge is 0.451 e. The maximum Gasteiger partial charge on any atom is 0.451 e. The number of aromatic nitrogens is 2. The predicted molar refractivity (Wildman–Crippen MR) is 93.7 cm³/mol. The molecule has 0 saturated carbocycles. The van der Waals surface area contributed by atoms with Crippen molar-refractivity contribution in [3.05, 3.63) is 59.2 Å². The number of hydrogen-bond acceptors (Lipinski definition) is 4. The summed E-state index contributed by atoms with van der Waals surface area (Å²) < 4.78 is 64.7. The van der Waals surface area contributed by atoms with Crippen molar-refractivity contribution in [1.29, 1.82) is 0 Å². The lowest BCUT2D eigenvalue weighted by Gasteiger charge is -2.34. The topological polar surface area (TPSA) is 72.1 Å².